The lowest BCUT2D eigenvalue weighted by atomic mass is 9.44. The zero-order chi connectivity index (χ0) is 40.2. The van der Waals surface area contributed by atoms with Gasteiger partial charge in [-0.2, -0.15) is 0 Å². The number of methoxy groups -OCH3 is 1. The molecule has 11 atom stereocenters. The van der Waals surface area contributed by atoms with Crippen LogP contribution in [0.25, 0.3) is 0 Å². The van der Waals surface area contributed by atoms with Gasteiger partial charge in [-0.25, -0.2) is 4.79 Å². The molecule has 2 aromatic carbocycles. The Labute approximate surface area is 319 Å². The van der Waals surface area contributed by atoms with Crippen LogP contribution in [0.15, 0.2) is 71.8 Å². The lowest BCUT2D eigenvalue weighted by molar-refractivity contribution is -0.348. The number of aliphatic hydroxyl groups excluding tert-OH is 2. The van der Waals surface area contributed by atoms with Crippen LogP contribution in [0.1, 0.15) is 82.6 Å². The molecule has 6 rings (SSSR count). The van der Waals surface area contributed by atoms with Crippen LogP contribution in [0.5, 0.6) is 0 Å². The average Bonchev–Trinajstić information content (AvgIpc) is 3.14. The molecule has 296 valence electrons. The van der Waals surface area contributed by atoms with E-state index in [-0.39, 0.29) is 42.8 Å². The highest BCUT2D eigenvalue weighted by Crippen LogP contribution is 2.64. The van der Waals surface area contributed by atoms with Crippen LogP contribution in [0, 0.1) is 16.7 Å². The molecule has 0 spiro atoms. The van der Waals surface area contributed by atoms with Crippen molar-refractivity contribution >= 4 is 29.5 Å². The van der Waals surface area contributed by atoms with Gasteiger partial charge in [-0.05, 0) is 30.6 Å². The average molecular weight is 763 g/mol. The summed E-state index contributed by atoms with van der Waals surface area (Å²) < 4.78 is 29.9. The Morgan fingerprint density at radius 2 is 1.56 bits per heavy atom. The summed E-state index contributed by atoms with van der Waals surface area (Å²) in [6, 6.07) is 17.1. The number of carbonyl (C=O) groups is 5. The molecular weight excluding hydrogens is 712 g/mol. The molecule has 13 nitrogen and oxygen atoms in total. The zero-order valence-electron chi connectivity index (χ0n) is 32.1. The second-order valence-electron chi connectivity index (χ2n) is 16.1. The van der Waals surface area contributed by atoms with Crippen LogP contribution in [0.3, 0.4) is 0 Å². The molecule has 2 saturated carbocycles. The van der Waals surface area contributed by atoms with Crippen molar-refractivity contribution in [1.82, 2.24) is 0 Å². The van der Waals surface area contributed by atoms with Crippen molar-refractivity contribution in [1.29, 1.82) is 0 Å². The Balaban J connectivity index is 1.46. The van der Waals surface area contributed by atoms with Gasteiger partial charge in [-0.1, -0.05) is 74.5 Å². The number of hydrogen-bond donors (Lipinski definition) is 3. The third-order valence-corrected chi connectivity index (χ3v) is 12.8. The highest BCUT2D eigenvalue weighted by Gasteiger charge is 2.77. The monoisotopic (exact) mass is 762 g/mol. The SMILES string of the molecule is CO[C@H]1[C@@H]2[C@]3(OC(C)=O)CO[C@@H]3CC(O)[C@@]2(C)C(=O)[C@H](OC(C)=O)C2=C(C)[C@@H](OC(=O)C(O)C(CC(=O)c3ccccc3)c3ccccc3)C[C@]1(O)C2(C)C. The summed E-state index contributed by atoms with van der Waals surface area (Å²) in [5.41, 5.74) is -5.52. The van der Waals surface area contributed by atoms with Crippen LogP contribution >= 0.6 is 0 Å². The summed E-state index contributed by atoms with van der Waals surface area (Å²) in [7, 11) is 1.33. The Bertz CT molecular complexity index is 1870. The fraction of sp³-hybridized carbons (Fsp3) is 0.548. The fourth-order valence-electron chi connectivity index (χ4n) is 9.85. The first kappa shape index (κ1) is 40.4. The van der Waals surface area contributed by atoms with E-state index in [9.17, 15) is 34.5 Å². The number of benzene rings is 2. The maximum Gasteiger partial charge on any atom is 0.336 e. The van der Waals surface area contributed by atoms with Crippen molar-refractivity contribution in [3.63, 3.8) is 0 Å². The number of carbonyl (C=O) groups excluding carboxylic acids is 5. The van der Waals surface area contributed by atoms with E-state index in [0.717, 1.165) is 6.92 Å². The van der Waals surface area contributed by atoms with E-state index in [1.807, 2.05) is 0 Å². The summed E-state index contributed by atoms with van der Waals surface area (Å²) in [5, 5.41) is 36.7. The Morgan fingerprint density at radius 3 is 2.11 bits per heavy atom. The topological polar surface area (TPSA) is 192 Å². The highest BCUT2D eigenvalue weighted by atomic mass is 16.6. The maximum atomic E-state index is 15.1. The predicted molar refractivity (Wildman–Crippen MR) is 194 cm³/mol. The fourth-order valence-corrected chi connectivity index (χ4v) is 9.85. The van der Waals surface area contributed by atoms with E-state index in [2.05, 4.69) is 0 Å². The minimum Gasteiger partial charge on any atom is -0.456 e. The van der Waals surface area contributed by atoms with Gasteiger partial charge < -0.3 is 39.0 Å². The summed E-state index contributed by atoms with van der Waals surface area (Å²) in [5.74, 6) is -5.90. The number of Topliss-reactive ketones (excluding diaryl/α,β-unsaturated/α-hetero) is 2. The summed E-state index contributed by atoms with van der Waals surface area (Å²) in [6.07, 6.45) is -9.13. The molecule has 0 radical (unpaired) electrons. The number of ketones is 2. The van der Waals surface area contributed by atoms with Crippen LogP contribution in [0.2, 0.25) is 0 Å². The third kappa shape index (κ3) is 6.43. The van der Waals surface area contributed by atoms with Gasteiger partial charge >= 0.3 is 17.9 Å². The number of hydrogen-bond acceptors (Lipinski definition) is 13. The number of esters is 3. The van der Waals surface area contributed by atoms with E-state index in [1.165, 1.54) is 21.0 Å². The molecule has 3 N–H and O–H groups in total. The molecule has 3 unspecified atom stereocenters. The first-order chi connectivity index (χ1) is 25.8. The molecule has 1 saturated heterocycles. The second kappa shape index (κ2) is 14.7. The molecule has 0 aromatic heterocycles. The first-order valence-electron chi connectivity index (χ1n) is 18.5. The van der Waals surface area contributed by atoms with Gasteiger partial charge in [0.2, 0.25) is 0 Å². The lowest BCUT2D eigenvalue weighted by Gasteiger charge is -2.67. The van der Waals surface area contributed by atoms with Crippen molar-refractivity contribution in [2.75, 3.05) is 13.7 Å². The maximum absolute atomic E-state index is 15.1. The number of fused-ring (bicyclic) bond motifs is 5. The highest BCUT2D eigenvalue weighted by molar-refractivity contribution is 5.97. The van der Waals surface area contributed by atoms with Gasteiger partial charge in [0.15, 0.2) is 29.4 Å². The molecule has 13 heteroatoms. The molecule has 55 heavy (non-hydrogen) atoms. The number of rotatable bonds is 10. The van der Waals surface area contributed by atoms with E-state index >= 15 is 4.79 Å². The van der Waals surface area contributed by atoms with Gasteiger partial charge in [-0.15, -0.1) is 0 Å². The van der Waals surface area contributed by atoms with Crippen LogP contribution in [0.4, 0.5) is 0 Å². The zero-order valence-corrected chi connectivity index (χ0v) is 32.1. The van der Waals surface area contributed by atoms with Crippen molar-refractivity contribution < 1.29 is 63.0 Å². The standard InChI is InChI=1S/C42H50O13/c1-22-29(54-38(49)33(47)27(25-14-10-8-11-15-25)18-28(45)26-16-12-9-13-17-26)20-42(50)37(51-7)35-40(6,30(46)19-31-41(35,21-52-31)55-24(3)44)36(48)34(53-23(2)43)32(22)39(42,4)5/h8-17,27,29-31,33-35,37,46-47,50H,18-21H2,1-7H3/t27?,29-,30?,31+,33?,34+,35-,37-,40+,41-,42+/m0/s1. The van der Waals surface area contributed by atoms with E-state index in [4.69, 9.17) is 23.7 Å². The number of aliphatic hydroxyl groups is 3. The van der Waals surface area contributed by atoms with Crippen molar-refractivity contribution in [2.45, 2.75) is 115 Å². The molecule has 2 aromatic rings. The van der Waals surface area contributed by atoms with E-state index < -0.39 is 94.2 Å². The van der Waals surface area contributed by atoms with Crippen LogP contribution in [-0.2, 0) is 42.9 Å². The van der Waals surface area contributed by atoms with Crippen molar-refractivity contribution in [3.05, 3.63) is 82.9 Å². The largest absolute Gasteiger partial charge is 0.456 e. The van der Waals surface area contributed by atoms with Gasteiger partial charge in [0, 0.05) is 63.0 Å². The molecule has 0 amide bonds. The Kier molecular flexibility index (Phi) is 10.8. The Hall–Kier alpha value is -4.27. The van der Waals surface area contributed by atoms with Crippen LogP contribution in [-0.4, -0.2) is 106 Å². The minimum absolute atomic E-state index is 0.0947. The molecule has 4 aliphatic rings. The van der Waals surface area contributed by atoms with E-state index in [0.29, 0.717) is 11.1 Å². The normalized spacial score (nSPS) is 34.7. The predicted octanol–water partition coefficient (Wildman–Crippen LogP) is 3.41. The van der Waals surface area contributed by atoms with Gasteiger partial charge in [0.25, 0.3) is 0 Å². The number of ether oxygens (including phenoxy) is 5. The minimum atomic E-state index is -2.07. The molecular formula is C42H50O13. The summed E-state index contributed by atoms with van der Waals surface area (Å²) in [6.45, 7) is 8.57. The molecule has 3 fully saturated rings. The summed E-state index contributed by atoms with van der Waals surface area (Å²) in [4.78, 5) is 68.1. The third-order valence-electron chi connectivity index (χ3n) is 12.8. The van der Waals surface area contributed by atoms with Gasteiger partial charge in [0.1, 0.15) is 17.8 Å². The molecule has 3 aliphatic carbocycles. The first-order valence-corrected chi connectivity index (χ1v) is 18.5. The van der Waals surface area contributed by atoms with Crippen molar-refractivity contribution in [3.8, 4) is 0 Å². The quantitative estimate of drug-likeness (QED) is 0.138. The van der Waals surface area contributed by atoms with E-state index in [1.54, 1.807) is 81.4 Å². The summed E-state index contributed by atoms with van der Waals surface area (Å²) >= 11 is 0. The molecule has 1 heterocycles. The lowest BCUT2D eigenvalue weighted by Crippen LogP contribution is -2.81. The molecule has 2 bridgehead atoms. The van der Waals surface area contributed by atoms with Crippen LogP contribution < -0.4 is 0 Å². The van der Waals surface area contributed by atoms with Gasteiger partial charge in [0.05, 0.1) is 24.2 Å². The van der Waals surface area contributed by atoms with Crippen molar-refractivity contribution in [2.24, 2.45) is 16.7 Å². The smallest absolute Gasteiger partial charge is 0.336 e. The van der Waals surface area contributed by atoms with Gasteiger partial charge in [-0.3, -0.25) is 19.2 Å². The molecule has 1 aliphatic heterocycles. The second-order valence-corrected chi connectivity index (χ2v) is 16.1. The Morgan fingerprint density at radius 1 is 0.945 bits per heavy atom.